The van der Waals surface area contributed by atoms with E-state index < -0.39 is 0 Å². The summed E-state index contributed by atoms with van der Waals surface area (Å²) in [6.45, 7) is 4.04. The van der Waals surface area contributed by atoms with Gasteiger partial charge in [-0.25, -0.2) is 15.0 Å². The predicted octanol–water partition coefficient (Wildman–Crippen LogP) is 12.8. The van der Waals surface area contributed by atoms with Gasteiger partial charge in [0.15, 0.2) is 17.5 Å². The van der Waals surface area contributed by atoms with Crippen LogP contribution in [0.3, 0.4) is 0 Å². The Morgan fingerprint density at radius 1 is 0.393 bits per heavy atom. The lowest BCUT2D eigenvalue weighted by Crippen LogP contribution is -2.01. The Kier molecular flexibility index (Phi) is 8.23. The number of benzene rings is 7. The van der Waals surface area contributed by atoms with E-state index in [0.29, 0.717) is 17.5 Å². The van der Waals surface area contributed by atoms with Crippen LogP contribution < -0.4 is 0 Å². The van der Waals surface area contributed by atoms with Crippen molar-refractivity contribution in [3.05, 3.63) is 206 Å². The first-order chi connectivity index (χ1) is 27.7. The first-order valence-corrected chi connectivity index (χ1v) is 18.7. The highest BCUT2D eigenvalue weighted by Gasteiger charge is 2.21. The zero-order valence-corrected chi connectivity index (χ0v) is 30.5. The summed E-state index contributed by atoms with van der Waals surface area (Å²) in [5, 5.41) is 3.58. The highest BCUT2D eigenvalue weighted by molar-refractivity contribution is 6.12. The van der Waals surface area contributed by atoms with Gasteiger partial charge in [-0.15, -0.1) is 0 Å². The van der Waals surface area contributed by atoms with Gasteiger partial charge in [-0.1, -0.05) is 152 Å². The van der Waals surface area contributed by atoms with Crippen LogP contribution in [0.1, 0.15) is 5.69 Å². The molecule has 0 aliphatic rings. The maximum absolute atomic E-state index is 5.04. The third kappa shape index (κ3) is 5.70. The minimum atomic E-state index is 0.611. The Hall–Kier alpha value is -7.63. The normalized spacial score (nSPS) is 11.6. The fraction of sp³-hybridized carbons (Fsp3) is 0. The van der Waals surface area contributed by atoms with E-state index >= 15 is 0 Å². The Bertz CT molecular complexity index is 3030. The topological polar surface area (TPSA) is 48.5 Å². The van der Waals surface area contributed by atoms with E-state index in [1.54, 1.807) is 0 Å². The van der Waals surface area contributed by atoms with Crippen molar-refractivity contribution >= 4 is 38.8 Å². The van der Waals surface area contributed by atoms with Crippen LogP contribution in [0.4, 0.5) is 0 Å². The molecule has 0 saturated carbocycles. The Morgan fingerprint density at radius 2 is 0.911 bits per heavy atom. The Labute approximate surface area is 324 Å². The summed E-state index contributed by atoms with van der Waals surface area (Å²) in [6, 6.07) is 63.4. The molecular formula is C51H35N5. The van der Waals surface area contributed by atoms with Crippen LogP contribution in [-0.2, 0) is 0 Å². The maximum atomic E-state index is 5.04. The van der Waals surface area contributed by atoms with Crippen LogP contribution >= 0.6 is 0 Å². The molecule has 0 bridgehead atoms. The van der Waals surface area contributed by atoms with E-state index in [9.17, 15) is 0 Å². The molecule has 0 aliphatic carbocycles. The first-order valence-electron chi connectivity index (χ1n) is 18.7. The van der Waals surface area contributed by atoms with Gasteiger partial charge in [0.2, 0.25) is 0 Å². The zero-order chi connectivity index (χ0) is 37.4. The van der Waals surface area contributed by atoms with Crippen molar-refractivity contribution in [2.24, 2.45) is 0 Å². The molecule has 0 spiro atoms. The smallest absolute Gasteiger partial charge is 0.164 e. The average Bonchev–Trinajstić information content (AvgIpc) is 3.79. The van der Waals surface area contributed by atoms with Crippen molar-refractivity contribution in [3.8, 4) is 56.7 Å². The second kappa shape index (κ2) is 14.0. The van der Waals surface area contributed by atoms with E-state index in [1.165, 1.54) is 21.8 Å². The van der Waals surface area contributed by atoms with Crippen molar-refractivity contribution in [2.75, 3.05) is 0 Å². The third-order valence-corrected chi connectivity index (χ3v) is 10.3. The molecule has 5 nitrogen and oxygen atoms in total. The summed E-state index contributed by atoms with van der Waals surface area (Å²) < 4.78 is 4.69. The summed E-state index contributed by atoms with van der Waals surface area (Å²) in [5.41, 5.74) is 11.7. The van der Waals surface area contributed by atoms with Crippen LogP contribution in [0.15, 0.2) is 201 Å². The number of nitrogens with zero attached hydrogens (tertiary/aromatic N) is 5. The van der Waals surface area contributed by atoms with Crippen LogP contribution in [0, 0.1) is 0 Å². The van der Waals surface area contributed by atoms with Gasteiger partial charge in [-0.2, -0.15) is 0 Å². The van der Waals surface area contributed by atoms with Gasteiger partial charge in [-0.3, -0.25) is 0 Å². The summed E-state index contributed by atoms with van der Waals surface area (Å²) in [4.78, 5) is 15.0. The monoisotopic (exact) mass is 717 g/mol. The Morgan fingerprint density at radius 3 is 1.57 bits per heavy atom. The molecule has 7 aromatic carbocycles. The van der Waals surface area contributed by atoms with Crippen molar-refractivity contribution < 1.29 is 0 Å². The van der Waals surface area contributed by atoms with Gasteiger partial charge in [0.05, 0.1) is 22.2 Å². The number of fused-ring (bicyclic) bond motifs is 4. The molecule has 10 rings (SSSR count). The molecule has 0 aliphatic heterocycles. The molecule has 0 atom stereocenters. The fourth-order valence-corrected chi connectivity index (χ4v) is 7.86. The highest BCUT2D eigenvalue weighted by Crippen LogP contribution is 2.41. The summed E-state index contributed by atoms with van der Waals surface area (Å²) in [7, 11) is 0. The standard InChI is InChI=1S/C51H35N5/c1-2-3-28-47-48(37-31-32-46-43(34-37)41-26-13-15-29-44(41)55(46)39-23-11-6-12-24-39)42-27-14-16-30-45(42)56(47)40-25-17-22-38(33-40)51-53-49(35-18-7-4-8-19-35)52-50(54-51)36-20-9-5-10-21-36/h2-34H,1H2/b28-3-. The van der Waals surface area contributed by atoms with Crippen LogP contribution in [0.25, 0.3) is 95.5 Å². The lowest BCUT2D eigenvalue weighted by molar-refractivity contribution is 1.07. The summed E-state index contributed by atoms with van der Waals surface area (Å²) >= 11 is 0. The zero-order valence-electron chi connectivity index (χ0n) is 30.5. The largest absolute Gasteiger partial charge is 0.309 e. The molecule has 3 heterocycles. The molecule has 264 valence electrons. The molecule has 0 unspecified atom stereocenters. The van der Waals surface area contributed by atoms with E-state index in [4.69, 9.17) is 15.0 Å². The minimum Gasteiger partial charge on any atom is -0.309 e. The number of para-hydroxylation sites is 3. The van der Waals surface area contributed by atoms with Crippen LogP contribution in [0.2, 0.25) is 0 Å². The highest BCUT2D eigenvalue weighted by atomic mass is 15.0. The van der Waals surface area contributed by atoms with Crippen molar-refractivity contribution in [1.29, 1.82) is 0 Å². The van der Waals surface area contributed by atoms with Crippen molar-refractivity contribution in [1.82, 2.24) is 24.1 Å². The molecule has 56 heavy (non-hydrogen) atoms. The molecule has 10 aromatic rings. The lowest BCUT2D eigenvalue weighted by atomic mass is 9.99. The Balaban J connectivity index is 1.18. The molecular weight excluding hydrogens is 683 g/mol. The molecule has 0 saturated heterocycles. The number of aromatic nitrogens is 5. The summed E-state index contributed by atoms with van der Waals surface area (Å²) in [5.74, 6) is 1.87. The second-order valence-electron chi connectivity index (χ2n) is 13.7. The third-order valence-electron chi connectivity index (χ3n) is 10.3. The lowest BCUT2D eigenvalue weighted by Gasteiger charge is -2.13. The van der Waals surface area contributed by atoms with Crippen LogP contribution in [0.5, 0.6) is 0 Å². The SMILES string of the molecule is C=C/C=C\c1c(-c2ccc3c(c2)c2ccccc2n3-c2ccccc2)c2ccccc2n1-c1cccc(-c2nc(-c3ccccc3)nc(-c3ccccc3)n2)c1. The van der Waals surface area contributed by atoms with Gasteiger partial charge in [0.25, 0.3) is 0 Å². The van der Waals surface area contributed by atoms with E-state index in [2.05, 4.69) is 143 Å². The number of allylic oxidation sites excluding steroid dienone is 2. The molecule has 0 fully saturated rings. The maximum Gasteiger partial charge on any atom is 0.164 e. The van der Waals surface area contributed by atoms with Crippen molar-refractivity contribution in [3.63, 3.8) is 0 Å². The fourth-order valence-electron chi connectivity index (χ4n) is 7.86. The number of hydrogen-bond donors (Lipinski definition) is 0. The van der Waals surface area contributed by atoms with Gasteiger partial charge in [0.1, 0.15) is 0 Å². The number of hydrogen-bond acceptors (Lipinski definition) is 3. The minimum absolute atomic E-state index is 0.611. The van der Waals surface area contributed by atoms with E-state index in [0.717, 1.165) is 55.8 Å². The molecule has 0 radical (unpaired) electrons. The second-order valence-corrected chi connectivity index (χ2v) is 13.7. The summed E-state index contributed by atoms with van der Waals surface area (Å²) in [6.07, 6.45) is 6.01. The van der Waals surface area contributed by atoms with Gasteiger partial charge < -0.3 is 9.13 Å². The molecule has 3 aromatic heterocycles. The van der Waals surface area contributed by atoms with Gasteiger partial charge in [-0.05, 0) is 60.2 Å². The van der Waals surface area contributed by atoms with Gasteiger partial charge >= 0.3 is 0 Å². The quantitative estimate of drug-likeness (QED) is 0.147. The number of rotatable bonds is 8. The van der Waals surface area contributed by atoms with E-state index in [-0.39, 0.29) is 0 Å². The van der Waals surface area contributed by atoms with E-state index in [1.807, 2.05) is 72.8 Å². The first kappa shape index (κ1) is 33.0. The molecule has 5 heteroatoms. The average molecular weight is 718 g/mol. The molecule has 0 amide bonds. The molecule has 0 N–H and O–H groups in total. The predicted molar refractivity (Wildman–Crippen MR) is 232 cm³/mol. The van der Waals surface area contributed by atoms with Crippen molar-refractivity contribution in [2.45, 2.75) is 0 Å². The van der Waals surface area contributed by atoms with Crippen LogP contribution in [-0.4, -0.2) is 24.1 Å². The van der Waals surface area contributed by atoms with Gasteiger partial charge in [0, 0.05) is 49.8 Å².